The van der Waals surface area contributed by atoms with Gasteiger partial charge in [-0.05, 0) is 53.5 Å². The van der Waals surface area contributed by atoms with E-state index in [0.29, 0.717) is 30.0 Å². The van der Waals surface area contributed by atoms with E-state index in [1.54, 1.807) is 18.9 Å². The topological polar surface area (TPSA) is 92.6 Å². The number of anilines is 1. The van der Waals surface area contributed by atoms with Crippen LogP contribution in [0.3, 0.4) is 0 Å². The molecule has 9 nitrogen and oxygen atoms in total. The van der Waals surface area contributed by atoms with Gasteiger partial charge in [0.1, 0.15) is 11.4 Å². The lowest BCUT2D eigenvalue weighted by Gasteiger charge is -2.44. The highest BCUT2D eigenvalue weighted by molar-refractivity contribution is 6.30. The van der Waals surface area contributed by atoms with Crippen LogP contribution in [0.25, 0.3) is 16.7 Å². The Bertz CT molecular complexity index is 1250. The molecular formula is C25H36ClFN6O3. The van der Waals surface area contributed by atoms with Crippen molar-refractivity contribution in [2.75, 3.05) is 25.0 Å². The first-order valence-corrected chi connectivity index (χ1v) is 12.5. The SMILES string of the molecule is CN/C(=C(\C)n1c(=O)nc(N2C[C@@H](C)N(C(=O)OC(C)(C)C)C[C@@H]2C)c2cc(F)c(Cl)nc21)C(C)C. The Labute approximate surface area is 216 Å². The minimum absolute atomic E-state index is 0.0920. The summed E-state index contributed by atoms with van der Waals surface area (Å²) < 4.78 is 21.6. The molecule has 11 heteroatoms. The number of carbonyl (C=O) groups is 1. The summed E-state index contributed by atoms with van der Waals surface area (Å²) in [5.74, 6) is -0.306. The van der Waals surface area contributed by atoms with Gasteiger partial charge in [0.2, 0.25) is 0 Å². The van der Waals surface area contributed by atoms with Gasteiger partial charge in [-0.1, -0.05) is 25.4 Å². The zero-order chi connectivity index (χ0) is 27.1. The van der Waals surface area contributed by atoms with Crippen LogP contribution in [0.4, 0.5) is 15.0 Å². The second-order valence-electron chi connectivity index (χ2n) is 10.6. The molecule has 3 rings (SSSR count). The van der Waals surface area contributed by atoms with Crippen molar-refractivity contribution >= 4 is 40.2 Å². The lowest BCUT2D eigenvalue weighted by molar-refractivity contribution is 0.0130. The van der Waals surface area contributed by atoms with E-state index in [9.17, 15) is 14.0 Å². The van der Waals surface area contributed by atoms with E-state index in [-0.39, 0.29) is 28.8 Å². The second-order valence-corrected chi connectivity index (χ2v) is 10.9. The molecule has 1 amide bonds. The van der Waals surface area contributed by atoms with E-state index in [2.05, 4.69) is 15.3 Å². The molecule has 2 aromatic rings. The first kappa shape index (κ1) is 27.7. The molecule has 3 heterocycles. The number of hydrogen-bond acceptors (Lipinski definition) is 7. The van der Waals surface area contributed by atoms with Crippen LogP contribution in [-0.2, 0) is 4.74 Å². The number of amides is 1. The van der Waals surface area contributed by atoms with Crippen molar-refractivity contribution in [2.24, 2.45) is 5.92 Å². The second kappa shape index (κ2) is 10.2. The molecule has 1 saturated heterocycles. The molecule has 0 radical (unpaired) electrons. The summed E-state index contributed by atoms with van der Waals surface area (Å²) in [6.45, 7) is 15.8. The van der Waals surface area contributed by atoms with E-state index >= 15 is 0 Å². The lowest BCUT2D eigenvalue weighted by atomic mass is 10.1. The molecule has 2 atom stereocenters. The predicted octanol–water partition coefficient (Wildman–Crippen LogP) is 4.48. The lowest BCUT2D eigenvalue weighted by Crippen LogP contribution is -2.59. The van der Waals surface area contributed by atoms with Gasteiger partial charge in [0.25, 0.3) is 0 Å². The summed E-state index contributed by atoms with van der Waals surface area (Å²) >= 11 is 6.06. The number of piperazine rings is 1. The number of nitrogens with one attached hydrogen (secondary N) is 1. The number of nitrogens with zero attached hydrogens (tertiary/aromatic N) is 5. The fourth-order valence-electron chi connectivity index (χ4n) is 4.61. The molecule has 2 aromatic heterocycles. The number of hydrogen-bond donors (Lipinski definition) is 1. The highest BCUT2D eigenvalue weighted by Gasteiger charge is 2.36. The number of allylic oxidation sites excluding steroid dienone is 2. The van der Waals surface area contributed by atoms with Crippen molar-refractivity contribution in [3.8, 4) is 0 Å². The molecular weight excluding hydrogens is 487 g/mol. The van der Waals surface area contributed by atoms with Crippen LogP contribution in [-0.4, -0.2) is 63.4 Å². The maximum Gasteiger partial charge on any atom is 0.410 e. The van der Waals surface area contributed by atoms with Gasteiger partial charge in [0.15, 0.2) is 16.6 Å². The molecule has 0 bridgehead atoms. The Morgan fingerprint density at radius 1 is 1.22 bits per heavy atom. The Balaban J connectivity index is 2.15. The molecule has 198 valence electrons. The van der Waals surface area contributed by atoms with Crippen molar-refractivity contribution in [1.29, 1.82) is 0 Å². The van der Waals surface area contributed by atoms with Gasteiger partial charge in [-0.15, -0.1) is 0 Å². The van der Waals surface area contributed by atoms with Crippen molar-refractivity contribution in [3.05, 3.63) is 33.2 Å². The highest BCUT2D eigenvalue weighted by Crippen LogP contribution is 2.31. The van der Waals surface area contributed by atoms with Gasteiger partial charge in [-0.25, -0.2) is 23.5 Å². The zero-order valence-electron chi connectivity index (χ0n) is 22.4. The molecule has 1 fully saturated rings. The Morgan fingerprint density at radius 2 is 1.86 bits per heavy atom. The Hall–Kier alpha value is -2.88. The largest absolute Gasteiger partial charge is 0.444 e. The number of pyridine rings is 1. The average molecular weight is 523 g/mol. The van der Waals surface area contributed by atoms with E-state index < -0.39 is 23.2 Å². The summed E-state index contributed by atoms with van der Waals surface area (Å²) in [5.41, 5.74) is 0.482. The smallest absolute Gasteiger partial charge is 0.410 e. The number of halogens is 2. The molecule has 0 aliphatic carbocycles. The van der Waals surface area contributed by atoms with Gasteiger partial charge < -0.3 is 19.9 Å². The van der Waals surface area contributed by atoms with Gasteiger partial charge in [0.05, 0.1) is 5.39 Å². The van der Waals surface area contributed by atoms with Crippen LogP contribution in [0.5, 0.6) is 0 Å². The van der Waals surface area contributed by atoms with Gasteiger partial charge in [0, 0.05) is 43.6 Å². The number of rotatable bonds is 4. The van der Waals surface area contributed by atoms with Crippen LogP contribution >= 0.6 is 11.6 Å². The van der Waals surface area contributed by atoms with Crippen LogP contribution in [0.2, 0.25) is 5.15 Å². The third-order valence-corrected chi connectivity index (χ3v) is 6.48. The first-order valence-electron chi connectivity index (χ1n) is 12.1. The van der Waals surface area contributed by atoms with Gasteiger partial charge in [-0.2, -0.15) is 4.98 Å². The molecule has 1 aliphatic heterocycles. The van der Waals surface area contributed by atoms with Crippen molar-refractivity contribution in [2.45, 2.75) is 73.1 Å². The van der Waals surface area contributed by atoms with E-state index in [1.807, 2.05) is 53.4 Å². The maximum atomic E-state index is 14.7. The Kier molecular flexibility index (Phi) is 7.88. The molecule has 0 saturated carbocycles. The predicted molar refractivity (Wildman–Crippen MR) is 141 cm³/mol. The van der Waals surface area contributed by atoms with Crippen LogP contribution < -0.4 is 15.9 Å². The van der Waals surface area contributed by atoms with E-state index in [0.717, 1.165) is 5.70 Å². The van der Waals surface area contributed by atoms with E-state index in [1.165, 1.54) is 10.6 Å². The molecule has 0 aromatic carbocycles. The average Bonchev–Trinajstić information content (AvgIpc) is 2.74. The molecule has 1 N–H and O–H groups in total. The van der Waals surface area contributed by atoms with Crippen molar-refractivity contribution in [1.82, 2.24) is 24.8 Å². The summed E-state index contributed by atoms with van der Waals surface area (Å²) in [4.78, 5) is 38.4. The summed E-state index contributed by atoms with van der Waals surface area (Å²) in [6, 6.07) is 0.805. The van der Waals surface area contributed by atoms with Crippen molar-refractivity contribution < 1.29 is 13.9 Å². The molecule has 0 spiro atoms. The number of ether oxygens (including phenoxy) is 1. The number of carbonyl (C=O) groups excluding carboxylic acids is 1. The summed E-state index contributed by atoms with van der Waals surface area (Å²) in [6.07, 6.45) is -0.400. The van der Waals surface area contributed by atoms with Crippen LogP contribution in [0, 0.1) is 11.7 Å². The molecule has 36 heavy (non-hydrogen) atoms. The van der Waals surface area contributed by atoms with Crippen molar-refractivity contribution in [3.63, 3.8) is 0 Å². The highest BCUT2D eigenvalue weighted by atomic mass is 35.5. The quantitative estimate of drug-likeness (QED) is 0.592. The monoisotopic (exact) mass is 522 g/mol. The third-order valence-electron chi connectivity index (χ3n) is 6.22. The fraction of sp³-hybridized carbons (Fsp3) is 0.600. The molecule has 0 unspecified atom stereocenters. The first-order chi connectivity index (χ1) is 16.7. The minimum atomic E-state index is -0.704. The zero-order valence-corrected chi connectivity index (χ0v) is 23.2. The van der Waals surface area contributed by atoms with E-state index in [4.69, 9.17) is 16.3 Å². The standard InChI is InChI=1S/C25H36ClFN6O3/c1-13(2)19(28-9)16(5)33-22-17(10-18(27)20(26)29-22)21(30-23(33)34)31-11-15(4)32(12-14(31)3)24(35)36-25(6,7)8/h10,13-15,28H,11-12H2,1-9H3/b19-16+/t14-,15+/m0/s1. The van der Waals surface area contributed by atoms with Gasteiger partial charge in [-0.3, -0.25) is 0 Å². The maximum absolute atomic E-state index is 14.7. The third kappa shape index (κ3) is 5.43. The summed E-state index contributed by atoms with van der Waals surface area (Å²) in [5, 5.41) is 3.17. The summed E-state index contributed by atoms with van der Waals surface area (Å²) in [7, 11) is 1.78. The minimum Gasteiger partial charge on any atom is -0.444 e. The Morgan fingerprint density at radius 3 is 2.42 bits per heavy atom. The van der Waals surface area contributed by atoms with Gasteiger partial charge >= 0.3 is 11.8 Å². The van der Waals surface area contributed by atoms with Crippen LogP contribution in [0.15, 0.2) is 16.6 Å². The van der Waals surface area contributed by atoms with Crippen LogP contribution in [0.1, 0.15) is 55.4 Å². The number of aromatic nitrogens is 3. The fourth-order valence-corrected chi connectivity index (χ4v) is 4.74. The normalized spacial score (nSPS) is 19.6. The molecule has 1 aliphatic rings. The number of fused-ring (bicyclic) bond motifs is 1.